The van der Waals surface area contributed by atoms with Crippen molar-refractivity contribution in [1.29, 1.82) is 0 Å². The molecule has 21 heavy (non-hydrogen) atoms. The molecule has 0 amide bonds. The third kappa shape index (κ3) is 3.60. The Balaban J connectivity index is 3.60. The Labute approximate surface area is 131 Å². The van der Waals surface area contributed by atoms with Crippen molar-refractivity contribution >= 4 is 0 Å². The van der Waals surface area contributed by atoms with Gasteiger partial charge in [0.25, 0.3) is 0 Å². The Morgan fingerprint density at radius 3 is 1.38 bits per heavy atom. The first-order chi connectivity index (χ1) is 9.13. The highest BCUT2D eigenvalue weighted by atomic mass is 16.5. The van der Waals surface area contributed by atoms with Crippen molar-refractivity contribution < 1.29 is 9.84 Å². The fourth-order valence-electron chi connectivity index (χ4n) is 2.74. The number of ether oxygens (including phenoxy) is 1. The van der Waals surface area contributed by atoms with Crippen LogP contribution in [0.3, 0.4) is 0 Å². The maximum absolute atomic E-state index is 11.3. The molecule has 0 aliphatic heterocycles. The second-order valence-corrected chi connectivity index (χ2v) is 9.39. The zero-order valence-electron chi connectivity index (χ0n) is 15.6. The normalized spacial score (nSPS) is 28.2. The van der Waals surface area contributed by atoms with Crippen LogP contribution < -0.4 is 0 Å². The van der Waals surface area contributed by atoms with Crippen LogP contribution in [0.5, 0.6) is 0 Å². The summed E-state index contributed by atoms with van der Waals surface area (Å²) in [7, 11) is 1.76. The third-order valence-electron chi connectivity index (χ3n) is 4.49. The summed E-state index contributed by atoms with van der Waals surface area (Å²) in [6.07, 6.45) is 3.99. The van der Waals surface area contributed by atoms with Crippen molar-refractivity contribution in [2.45, 2.75) is 74.0 Å². The molecular formula is C19H34O2. The number of rotatable bonds is 1. The second-order valence-electron chi connectivity index (χ2n) is 9.39. The highest BCUT2D eigenvalue weighted by Crippen LogP contribution is 2.48. The molecule has 0 fully saturated rings. The lowest BCUT2D eigenvalue weighted by atomic mass is 9.64. The first-order valence-electron chi connectivity index (χ1n) is 7.85. The van der Waals surface area contributed by atoms with Gasteiger partial charge in [0, 0.05) is 7.11 Å². The Hall–Kier alpha value is -0.600. The predicted octanol–water partition coefficient (Wildman–Crippen LogP) is 4.74. The smallest absolute Gasteiger partial charge is 0.106 e. The van der Waals surface area contributed by atoms with E-state index >= 15 is 0 Å². The van der Waals surface area contributed by atoms with Gasteiger partial charge in [-0.25, -0.2) is 0 Å². The molecule has 0 saturated carbocycles. The van der Waals surface area contributed by atoms with Crippen molar-refractivity contribution in [3.05, 3.63) is 23.3 Å². The largest absolute Gasteiger partial charge is 0.381 e. The van der Waals surface area contributed by atoms with E-state index in [0.717, 1.165) is 11.1 Å². The van der Waals surface area contributed by atoms with Crippen LogP contribution in [-0.4, -0.2) is 23.9 Å². The molecule has 0 saturated heterocycles. The molecule has 0 aromatic rings. The topological polar surface area (TPSA) is 29.5 Å². The molecule has 1 aliphatic rings. The minimum absolute atomic E-state index is 0.0509. The van der Waals surface area contributed by atoms with Crippen LogP contribution in [0.2, 0.25) is 0 Å². The van der Waals surface area contributed by atoms with Crippen LogP contribution in [-0.2, 0) is 4.74 Å². The van der Waals surface area contributed by atoms with E-state index < -0.39 is 5.60 Å². The van der Waals surface area contributed by atoms with Gasteiger partial charge in [0.2, 0.25) is 0 Å². The van der Waals surface area contributed by atoms with Gasteiger partial charge < -0.3 is 9.84 Å². The van der Waals surface area contributed by atoms with Gasteiger partial charge in [-0.2, -0.15) is 0 Å². The molecule has 1 aliphatic carbocycles. The van der Waals surface area contributed by atoms with Crippen LogP contribution in [0.25, 0.3) is 0 Å². The number of aliphatic hydroxyl groups is 1. The molecule has 2 nitrogen and oxygen atoms in total. The molecule has 1 N–H and O–H groups in total. The van der Waals surface area contributed by atoms with E-state index in [1.807, 2.05) is 12.2 Å². The van der Waals surface area contributed by atoms with E-state index in [2.05, 4.69) is 62.3 Å². The van der Waals surface area contributed by atoms with Crippen LogP contribution in [0.1, 0.15) is 62.3 Å². The number of hydrogen-bond donors (Lipinski definition) is 1. The van der Waals surface area contributed by atoms with Crippen LogP contribution in [0.15, 0.2) is 23.3 Å². The summed E-state index contributed by atoms with van der Waals surface area (Å²) in [5.41, 5.74) is 1.01. The van der Waals surface area contributed by atoms with Crippen molar-refractivity contribution in [2.24, 2.45) is 16.2 Å². The average molecular weight is 294 g/mol. The van der Waals surface area contributed by atoms with E-state index in [0.29, 0.717) is 0 Å². The zero-order chi connectivity index (χ0) is 16.9. The van der Waals surface area contributed by atoms with Crippen LogP contribution in [0.4, 0.5) is 0 Å². The molecule has 1 rings (SSSR count). The molecule has 122 valence electrons. The minimum Gasteiger partial charge on any atom is -0.381 e. The number of methoxy groups -OCH3 is 1. The maximum Gasteiger partial charge on any atom is 0.106 e. The molecule has 0 bridgehead atoms. The molecule has 0 atom stereocenters. The van der Waals surface area contributed by atoms with Gasteiger partial charge in [-0.05, 0) is 39.5 Å². The molecular weight excluding hydrogens is 260 g/mol. The van der Waals surface area contributed by atoms with Gasteiger partial charge in [-0.3, -0.25) is 0 Å². The summed E-state index contributed by atoms with van der Waals surface area (Å²) >= 11 is 0. The van der Waals surface area contributed by atoms with Crippen molar-refractivity contribution in [3.8, 4) is 0 Å². The summed E-state index contributed by atoms with van der Waals surface area (Å²) in [6, 6.07) is 0. The summed E-state index contributed by atoms with van der Waals surface area (Å²) in [4.78, 5) is 0. The molecule has 0 spiro atoms. The molecule has 0 aromatic heterocycles. The predicted molar refractivity (Wildman–Crippen MR) is 90.3 cm³/mol. The molecule has 0 aromatic carbocycles. The fourth-order valence-corrected chi connectivity index (χ4v) is 2.74. The standard InChI is InChI=1S/C19H34O2/c1-16(2,3)13-11-19(20,18(7,8)9)12-14(15(13)21-10)17(4,5)6/h11-12,15,20H,1-10H3. The van der Waals surface area contributed by atoms with E-state index in [4.69, 9.17) is 4.74 Å². The summed E-state index contributed by atoms with van der Waals surface area (Å²) in [5.74, 6) is 0. The lowest BCUT2D eigenvalue weighted by Gasteiger charge is -2.46. The van der Waals surface area contributed by atoms with Gasteiger partial charge in [-0.1, -0.05) is 62.3 Å². The summed E-state index contributed by atoms with van der Waals surface area (Å²) in [6.45, 7) is 19.3. The number of hydrogen-bond acceptors (Lipinski definition) is 2. The minimum atomic E-state index is -0.951. The lowest BCUT2D eigenvalue weighted by molar-refractivity contribution is 0.0160. The van der Waals surface area contributed by atoms with Crippen LogP contribution >= 0.6 is 0 Å². The molecule has 2 heteroatoms. The van der Waals surface area contributed by atoms with E-state index in [9.17, 15) is 5.11 Å². The Bertz CT molecular complexity index is 415. The monoisotopic (exact) mass is 294 g/mol. The first kappa shape index (κ1) is 18.4. The van der Waals surface area contributed by atoms with Gasteiger partial charge >= 0.3 is 0 Å². The van der Waals surface area contributed by atoms with Gasteiger partial charge in [0.15, 0.2) is 0 Å². The Kier molecular flexibility index (Phi) is 4.60. The third-order valence-corrected chi connectivity index (χ3v) is 4.49. The van der Waals surface area contributed by atoms with Gasteiger partial charge in [-0.15, -0.1) is 0 Å². The van der Waals surface area contributed by atoms with Crippen molar-refractivity contribution in [3.63, 3.8) is 0 Å². The zero-order valence-corrected chi connectivity index (χ0v) is 15.6. The SMILES string of the molecule is COC1C(C(C)(C)C)=CC(O)(C(C)(C)C)C=C1C(C)(C)C. The quantitative estimate of drug-likeness (QED) is 0.708. The average Bonchev–Trinajstić information content (AvgIpc) is 2.24. The van der Waals surface area contributed by atoms with Crippen LogP contribution in [0, 0.1) is 16.2 Å². The molecule has 0 radical (unpaired) electrons. The first-order valence-corrected chi connectivity index (χ1v) is 7.85. The Morgan fingerprint density at radius 1 is 0.857 bits per heavy atom. The maximum atomic E-state index is 11.3. The Morgan fingerprint density at radius 2 is 1.19 bits per heavy atom. The lowest BCUT2D eigenvalue weighted by Crippen LogP contribution is -2.46. The highest BCUT2D eigenvalue weighted by Gasteiger charge is 2.45. The van der Waals surface area contributed by atoms with E-state index in [1.165, 1.54) is 0 Å². The molecule has 0 heterocycles. The van der Waals surface area contributed by atoms with Gasteiger partial charge in [0.1, 0.15) is 11.7 Å². The van der Waals surface area contributed by atoms with Gasteiger partial charge in [0.05, 0.1) is 0 Å². The van der Waals surface area contributed by atoms with Crippen molar-refractivity contribution in [1.82, 2.24) is 0 Å². The molecule has 0 unspecified atom stereocenters. The van der Waals surface area contributed by atoms with Crippen molar-refractivity contribution in [2.75, 3.05) is 7.11 Å². The van der Waals surface area contributed by atoms with E-state index in [-0.39, 0.29) is 22.3 Å². The fraction of sp³-hybridized carbons (Fsp3) is 0.789. The van der Waals surface area contributed by atoms with E-state index in [1.54, 1.807) is 7.11 Å². The highest BCUT2D eigenvalue weighted by molar-refractivity contribution is 5.43. The summed E-state index contributed by atoms with van der Waals surface area (Å²) in [5, 5.41) is 11.3. The second kappa shape index (κ2) is 5.24. The summed E-state index contributed by atoms with van der Waals surface area (Å²) < 4.78 is 5.83.